The van der Waals surface area contributed by atoms with Gasteiger partial charge in [0.1, 0.15) is 5.75 Å². The second-order valence-corrected chi connectivity index (χ2v) is 12.8. The molecule has 1 aliphatic carbocycles. The van der Waals surface area contributed by atoms with Gasteiger partial charge in [0.2, 0.25) is 21.8 Å². The molecule has 2 heterocycles. The molecule has 2 saturated heterocycles. The van der Waals surface area contributed by atoms with Gasteiger partial charge in [0, 0.05) is 25.7 Å². The van der Waals surface area contributed by atoms with Gasteiger partial charge in [0.25, 0.3) is 0 Å². The van der Waals surface area contributed by atoms with Crippen LogP contribution in [-0.2, 0) is 31.0 Å². The number of hydrogen-bond donors (Lipinski definition) is 4. The summed E-state index contributed by atoms with van der Waals surface area (Å²) >= 11 is 0. The summed E-state index contributed by atoms with van der Waals surface area (Å²) in [6.07, 6.45) is 5.15. The monoisotopic (exact) mass is 547 g/mol. The van der Waals surface area contributed by atoms with E-state index in [4.69, 9.17) is 0 Å². The summed E-state index contributed by atoms with van der Waals surface area (Å²) < 4.78 is 28.6. The molecule has 1 aromatic rings. The van der Waals surface area contributed by atoms with Crippen molar-refractivity contribution in [2.75, 3.05) is 25.9 Å². The van der Waals surface area contributed by atoms with Gasteiger partial charge >= 0.3 is 0 Å². The standard InChI is InChI=1S/C27H41N5O5S/c1-18(28-2)26(34)31-24(20-11-7-4-8-12-20)23(33)17-38(36,37)32-14-13-22-25(32)21(16-29-22)27(35)30-15-19-9-5-3-6-10-19/h3,5-6,9-10,18,20-22,24-25,28-29H,4,7-8,11-17H2,1-2H3,(H,30,35)(H,31,34). The van der Waals surface area contributed by atoms with Crippen LogP contribution in [-0.4, -0.2) is 80.4 Å². The highest BCUT2D eigenvalue weighted by molar-refractivity contribution is 7.89. The largest absolute Gasteiger partial charge is 0.352 e. The summed E-state index contributed by atoms with van der Waals surface area (Å²) in [5.41, 5.74) is 0.966. The predicted molar refractivity (Wildman–Crippen MR) is 145 cm³/mol. The lowest BCUT2D eigenvalue weighted by Crippen LogP contribution is -2.54. The van der Waals surface area contributed by atoms with E-state index >= 15 is 0 Å². The van der Waals surface area contributed by atoms with Gasteiger partial charge in [-0.05, 0) is 44.7 Å². The first-order valence-corrected chi connectivity index (χ1v) is 15.4. The molecule has 0 aromatic heterocycles. The molecule has 11 heteroatoms. The maximum atomic E-state index is 13.6. The van der Waals surface area contributed by atoms with E-state index in [2.05, 4.69) is 21.3 Å². The first kappa shape index (κ1) is 28.7. The third-order valence-corrected chi connectivity index (χ3v) is 10.1. The van der Waals surface area contributed by atoms with Crippen molar-refractivity contribution < 1.29 is 22.8 Å². The average molecular weight is 548 g/mol. The van der Waals surface area contributed by atoms with Crippen molar-refractivity contribution in [1.29, 1.82) is 0 Å². The molecular weight excluding hydrogens is 506 g/mol. The predicted octanol–water partition coefficient (Wildman–Crippen LogP) is 0.537. The van der Waals surface area contributed by atoms with Gasteiger partial charge in [0.05, 0.1) is 24.0 Å². The normalized spacial score (nSPS) is 25.9. The number of carbonyl (C=O) groups excluding carboxylic acids is 3. The summed E-state index contributed by atoms with van der Waals surface area (Å²) in [6, 6.07) is 7.57. The number of sulfonamides is 1. The van der Waals surface area contributed by atoms with Gasteiger partial charge < -0.3 is 21.3 Å². The van der Waals surface area contributed by atoms with E-state index in [1.165, 1.54) is 4.31 Å². The van der Waals surface area contributed by atoms with Crippen molar-refractivity contribution >= 4 is 27.6 Å². The number of benzene rings is 1. The number of hydrogen-bond acceptors (Lipinski definition) is 7. The third kappa shape index (κ3) is 6.62. The molecule has 1 aromatic carbocycles. The fourth-order valence-corrected chi connectivity index (χ4v) is 7.82. The number of carbonyl (C=O) groups is 3. The molecule has 38 heavy (non-hydrogen) atoms. The SMILES string of the molecule is CNC(C)C(=O)NC(C(=O)CS(=O)(=O)N1CCC2NCC(C(=O)NCc3ccccc3)C21)C1CCCCC1. The second-order valence-electron chi connectivity index (χ2n) is 10.8. The number of Topliss-reactive ketones (excluding diaryl/α,β-unsaturated/α-hetero) is 1. The van der Waals surface area contributed by atoms with Crippen LogP contribution in [0.3, 0.4) is 0 Å². The van der Waals surface area contributed by atoms with Crippen LogP contribution in [0.15, 0.2) is 30.3 Å². The fraction of sp³-hybridized carbons (Fsp3) is 0.667. The zero-order valence-electron chi connectivity index (χ0n) is 22.3. The Balaban J connectivity index is 1.45. The molecule has 10 nitrogen and oxygen atoms in total. The number of amides is 2. The first-order chi connectivity index (χ1) is 18.2. The van der Waals surface area contributed by atoms with Crippen molar-refractivity contribution in [3.63, 3.8) is 0 Å². The van der Waals surface area contributed by atoms with E-state index in [0.717, 1.165) is 37.7 Å². The average Bonchev–Trinajstić information content (AvgIpc) is 3.53. The molecule has 0 bridgehead atoms. The van der Waals surface area contributed by atoms with Crippen molar-refractivity contribution in [2.24, 2.45) is 11.8 Å². The Morgan fingerprint density at radius 2 is 1.79 bits per heavy atom. The van der Waals surface area contributed by atoms with Crippen LogP contribution >= 0.6 is 0 Å². The van der Waals surface area contributed by atoms with E-state index in [1.54, 1.807) is 14.0 Å². The number of nitrogens with zero attached hydrogens (tertiary/aromatic N) is 1. The van der Waals surface area contributed by atoms with E-state index in [-0.39, 0.29) is 30.3 Å². The van der Waals surface area contributed by atoms with Crippen molar-refractivity contribution in [1.82, 2.24) is 25.6 Å². The molecule has 2 amide bonds. The first-order valence-electron chi connectivity index (χ1n) is 13.8. The molecule has 0 spiro atoms. The molecular formula is C27H41N5O5S. The zero-order chi connectivity index (χ0) is 27.3. The lowest BCUT2D eigenvalue weighted by atomic mass is 9.82. The lowest BCUT2D eigenvalue weighted by Gasteiger charge is -2.32. The topological polar surface area (TPSA) is 137 Å². The maximum absolute atomic E-state index is 13.6. The molecule has 210 valence electrons. The van der Waals surface area contributed by atoms with Gasteiger partial charge in [-0.25, -0.2) is 8.42 Å². The van der Waals surface area contributed by atoms with Crippen LogP contribution in [0.1, 0.15) is 51.0 Å². The van der Waals surface area contributed by atoms with Crippen LogP contribution in [0, 0.1) is 11.8 Å². The summed E-state index contributed by atoms with van der Waals surface area (Å²) in [7, 11) is -2.33. The highest BCUT2D eigenvalue weighted by Crippen LogP contribution is 2.33. The molecule has 4 rings (SSSR count). The molecule has 5 atom stereocenters. The second kappa shape index (κ2) is 12.7. The lowest BCUT2D eigenvalue weighted by molar-refractivity contribution is -0.129. The van der Waals surface area contributed by atoms with E-state index in [1.807, 2.05) is 30.3 Å². The Hall–Kier alpha value is -2.34. The Labute approximate surface area is 225 Å². The van der Waals surface area contributed by atoms with Crippen molar-refractivity contribution in [2.45, 2.75) is 76.2 Å². The number of likely N-dealkylation sites (N-methyl/N-ethyl adjacent to an activating group) is 1. The molecule has 3 aliphatic rings. The number of nitrogens with one attached hydrogen (secondary N) is 4. The Morgan fingerprint density at radius 3 is 2.47 bits per heavy atom. The Bertz CT molecular complexity index is 1090. The fourth-order valence-electron chi connectivity index (χ4n) is 6.07. The van der Waals surface area contributed by atoms with Gasteiger partial charge in [-0.1, -0.05) is 49.6 Å². The quantitative estimate of drug-likeness (QED) is 0.317. The zero-order valence-corrected chi connectivity index (χ0v) is 23.1. The summed E-state index contributed by atoms with van der Waals surface area (Å²) in [5, 5.41) is 12.0. The number of ketones is 1. The Morgan fingerprint density at radius 1 is 1.08 bits per heavy atom. The van der Waals surface area contributed by atoms with Crippen LogP contribution < -0.4 is 21.3 Å². The van der Waals surface area contributed by atoms with Crippen LogP contribution in [0.5, 0.6) is 0 Å². The molecule has 4 N–H and O–H groups in total. The highest BCUT2D eigenvalue weighted by Gasteiger charge is 2.51. The molecule has 5 unspecified atom stereocenters. The molecule has 0 radical (unpaired) electrons. The van der Waals surface area contributed by atoms with Crippen molar-refractivity contribution in [3.05, 3.63) is 35.9 Å². The minimum Gasteiger partial charge on any atom is -0.352 e. The maximum Gasteiger partial charge on any atom is 0.237 e. The minimum absolute atomic E-state index is 0.0737. The summed E-state index contributed by atoms with van der Waals surface area (Å²) in [4.78, 5) is 39.2. The minimum atomic E-state index is -4.00. The smallest absolute Gasteiger partial charge is 0.237 e. The molecule has 2 aliphatic heterocycles. The molecule has 1 saturated carbocycles. The van der Waals surface area contributed by atoms with Gasteiger partial charge in [-0.2, -0.15) is 4.31 Å². The van der Waals surface area contributed by atoms with Crippen LogP contribution in [0.4, 0.5) is 0 Å². The number of fused-ring (bicyclic) bond motifs is 1. The Kier molecular flexibility index (Phi) is 9.56. The van der Waals surface area contributed by atoms with Crippen LogP contribution in [0.25, 0.3) is 0 Å². The molecule has 3 fully saturated rings. The van der Waals surface area contributed by atoms with E-state index in [9.17, 15) is 22.8 Å². The number of rotatable bonds is 11. The van der Waals surface area contributed by atoms with Crippen LogP contribution in [0.2, 0.25) is 0 Å². The summed E-state index contributed by atoms with van der Waals surface area (Å²) in [5.74, 6) is -2.28. The van der Waals surface area contributed by atoms with Crippen molar-refractivity contribution in [3.8, 4) is 0 Å². The van der Waals surface area contributed by atoms with E-state index < -0.39 is 45.6 Å². The van der Waals surface area contributed by atoms with Gasteiger partial charge in [0.15, 0.2) is 5.78 Å². The summed E-state index contributed by atoms with van der Waals surface area (Å²) in [6.45, 7) is 2.72. The van der Waals surface area contributed by atoms with E-state index in [0.29, 0.717) is 19.5 Å². The third-order valence-electron chi connectivity index (χ3n) is 8.34. The van der Waals surface area contributed by atoms with Gasteiger partial charge in [-0.3, -0.25) is 14.4 Å². The highest BCUT2D eigenvalue weighted by atomic mass is 32.2. The van der Waals surface area contributed by atoms with Gasteiger partial charge in [-0.15, -0.1) is 0 Å².